The Morgan fingerprint density at radius 2 is 1.39 bits per heavy atom. The van der Waals surface area contributed by atoms with Crippen molar-refractivity contribution in [1.29, 1.82) is 0 Å². The van der Waals surface area contributed by atoms with E-state index in [9.17, 15) is 0 Å². The van der Waals surface area contributed by atoms with E-state index in [4.69, 9.17) is 4.42 Å². The lowest BCUT2D eigenvalue weighted by Crippen LogP contribution is -2.66. The topological polar surface area (TPSA) is 13.1 Å². The van der Waals surface area contributed by atoms with E-state index in [0.29, 0.717) is 5.54 Å². The third kappa shape index (κ3) is 1.43. The van der Waals surface area contributed by atoms with Crippen molar-refractivity contribution in [2.75, 3.05) is 0 Å². The fourth-order valence-electron chi connectivity index (χ4n) is 4.81. The molecule has 2 bridgehead atoms. The first-order chi connectivity index (χ1) is 11.2. The molecule has 2 aliphatic heterocycles. The summed E-state index contributed by atoms with van der Waals surface area (Å²) in [6.07, 6.45) is 0. The van der Waals surface area contributed by atoms with Crippen molar-refractivity contribution in [3.05, 3.63) is 89.4 Å². The van der Waals surface area contributed by atoms with Gasteiger partial charge in [-0.2, -0.15) is 0 Å². The van der Waals surface area contributed by atoms with Crippen LogP contribution in [0.4, 0.5) is 0 Å². The molecule has 1 nitrogen and oxygen atoms in total. The molecule has 2 aromatic carbocycles. The molecule has 0 amide bonds. The van der Waals surface area contributed by atoms with Gasteiger partial charge in [0.2, 0.25) is 0 Å². The Bertz CT molecular complexity index is 895. The number of furan rings is 1. The first-order valence-corrected chi connectivity index (χ1v) is 10.3. The predicted octanol–water partition coefficient (Wildman–Crippen LogP) is 3.81. The number of rotatable bonds is 2. The van der Waals surface area contributed by atoms with Crippen molar-refractivity contribution >= 4 is 23.6 Å². The number of aryl methyl sites for hydroxylation is 1. The Balaban J connectivity index is 1.83. The highest BCUT2D eigenvalue weighted by atomic mass is 28.3. The second-order valence-electron chi connectivity index (χ2n) is 6.67. The summed E-state index contributed by atoms with van der Waals surface area (Å²) in [5.74, 6) is 2.21. The van der Waals surface area contributed by atoms with E-state index in [1.165, 1.54) is 32.5 Å². The van der Waals surface area contributed by atoms with Gasteiger partial charge in [-0.05, 0) is 35.5 Å². The molecule has 5 rings (SSSR count). The SMILES string of the molecule is CC1=C2c3oc(C)cc3C1[Si]2(c1ccccc1)c1ccccc1. The summed E-state index contributed by atoms with van der Waals surface area (Å²) >= 11 is 0. The second-order valence-corrected chi connectivity index (χ2v) is 10.5. The average molecular weight is 314 g/mol. The van der Waals surface area contributed by atoms with Crippen molar-refractivity contribution < 1.29 is 4.42 Å². The van der Waals surface area contributed by atoms with Gasteiger partial charge >= 0.3 is 0 Å². The molecule has 1 aromatic heterocycles. The number of hydrogen-bond acceptors (Lipinski definition) is 1. The molecule has 2 aliphatic rings. The van der Waals surface area contributed by atoms with Gasteiger partial charge in [-0.3, -0.25) is 0 Å². The van der Waals surface area contributed by atoms with E-state index in [-0.39, 0.29) is 0 Å². The van der Waals surface area contributed by atoms with Crippen LogP contribution in [-0.4, -0.2) is 8.07 Å². The van der Waals surface area contributed by atoms with Crippen molar-refractivity contribution in [2.45, 2.75) is 19.4 Å². The molecular formula is C21H18OSi. The van der Waals surface area contributed by atoms with Gasteiger partial charge in [0, 0.05) is 11.1 Å². The Morgan fingerprint density at radius 3 is 1.91 bits per heavy atom. The van der Waals surface area contributed by atoms with Crippen molar-refractivity contribution in [2.24, 2.45) is 0 Å². The highest BCUT2D eigenvalue weighted by Gasteiger charge is 2.64. The standard InChI is InChI=1S/C21H18OSi/c1-14-13-18-19(22-14)21-15(2)20(18)23(21,16-9-5-3-6-10-16)17-11-7-4-8-12-17/h3-13,20H,1-2H3. The largest absolute Gasteiger partial charge is 0.462 e. The van der Waals surface area contributed by atoms with E-state index >= 15 is 0 Å². The van der Waals surface area contributed by atoms with Crippen molar-refractivity contribution in [1.82, 2.24) is 0 Å². The van der Waals surface area contributed by atoms with Gasteiger partial charge in [-0.25, -0.2) is 0 Å². The molecule has 3 heterocycles. The van der Waals surface area contributed by atoms with E-state index in [1.54, 1.807) is 0 Å². The van der Waals surface area contributed by atoms with Crippen LogP contribution in [0.5, 0.6) is 0 Å². The van der Waals surface area contributed by atoms with Gasteiger partial charge in [-0.15, -0.1) is 0 Å². The monoisotopic (exact) mass is 314 g/mol. The summed E-state index contributed by atoms with van der Waals surface area (Å²) in [6, 6.07) is 24.4. The van der Waals surface area contributed by atoms with E-state index < -0.39 is 8.07 Å². The molecule has 0 saturated heterocycles. The molecule has 0 saturated carbocycles. The van der Waals surface area contributed by atoms with Crippen LogP contribution in [0.25, 0.3) is 5.20 Å². The lowest BCUT2D eigenvalue weighted by atomic mass is 10.2. The lowest BCUT2D eigenvalue weighted by Gasteiger charge is -2.45. The smallest absolute Gasteiger partial charge is 0.164 e. The molecule has 3 aromatic rings. The molecule has 1 atom stereocenters. The van der Waals surface area contributed by atoms with Crippen LogP contribution in [0.3, 0.4) is 0 Å². The summed E-state index contributed by atoms with van der Waals surface area (Å²) < 4.78 is 6.13. The molecule has 0 fully saturated rings. The third-order valence-electron chi connectivity index (χ3n) is 5.54. The quantitative estimate of drug-likeness (QED) is 0.656. The summed E-state index contributed by atoms with van der Waals surface area (Å²) in [6.45, 7) is 4.35. The van der Waals surface area contributed by atoms with Gasteiger partial charge in [0.25, 0.3) is 0 Å². The fraction of sp³-hybridized carbons (Fsp3) is 0.143. The summed E-state index contributed by atoms with van der Waals surface area (Å²) in [4.78, 5) is 0. The van der Waals surface area contributed by atoms with Crippen molar-refractivity contribution in [3.63, 3.8) is 0 Å². The third-order valence-corrected chi connectivity index (χ3v) is 11.0. The van der Waals surface area contributed by atoms with Gasteiger partial charge in [0.1, 0.15) is 11.5 Å². The van der Waals surface area contributed by atoms with Crippen LogP contribution in [0.1, 0.15) is 29.5 Å². The zero-order valence-electron chi connectivity index (χ0n) is 13.3. The van der Waals surface area contributed by atoms with Gasteiger partial charge in [0.15, 0.2) is 8.07 Å². The van der Waals surface area contributed by atoms with Crippen LogP contribution >= 0.6 is 0 Å². The number of benzene rings is 2. The highest BCUT2D eigenvalue weighted by molar-refractivity contribution is 7.19. The minimum Gasteiger partial charge on any atom is -0.462 e. The fourth-order valence-corrected chi connectivity index (χ4v) is 10.7. The minimum absolute atomic E-state index is 0.537. The summed E-state index contributed by atoms with van der Waals surface area (Å²) in [5.41, 5.74) is 3.49. The Hall–Kier alpha value is -2.32. The second kappa shape index (κ2) is 4.36. The van der Waals surface area contributed by atoms with Crippen LogP contribution in [0.15, 0.2) is 76.7 Å². The molecule has 112 valence electrons. The van der Waals surface area contributed by atoms with E-state index in [1.807, 2.05) is 0 Å². The number of fused-ring (bicyclic) bond motifs is 5. The number of hydrogen-bond donors (Lipinski definition) is 0. The Labute approximate surface area is 137 Å². The van der Waals surface area contributed by atoms with Crippen LogP contribution in [0.2, 0.25) is 0 Å². The predicted molar refractivity (Wildman–Crippen MR) is 96.7 cm³/mol. The maximum atomic E-state index is 6.13. The molecule has 0 spiro atoms. The van der Waals surface area contributed by atoms with Crippen LogP contribution in [0, 0.1) is 6.92 Å². The molecule has 2 heteroatoms. The maximum absolute atomic E-state index is 6.13. The molecule has 0 aliphatic carbocycles. The molecule has 0 radical (unpaired) electrons. The number of allylic oxidation sites excluding steroid dienone is 1. The van der Waals surface area contributed by atoms with Crippen molar-refractivity contribution in [3.8, 4) is 0 Å². The zero-order valence-corrected chi connectivity index (χ0v) is 14.3. The van der Waals surface area contributed by atoms with Gasteiger partial charge in [-0.1, -0.05) is 66.2 Å². The molecule has 1 unspecified atom stereocenters. The Morgan fingerprint density at radius 1 is 0.826 bits per heavy atom. The lowest BCUT2D eigenvalue weighted by molar-refractivity contribution is 0.524. The zero-order chi connectivity index (χ0) is 15.6. The highest BCUT2D eigenvalue weighted by Crippen LogP contribution is 2.61. The van der Waals surface area contributed by atoms with Crippen LogP contribution < -0.4 is 10.4 Å². The van der Waals surface area contributed by atoms with Gasteiger partial charge in [0.05, 0.1) is 0 Å². The molecule has 0 N–H and O–H groups in total. The van der Waals surface area contributed by atoms with E-state index in [0.717, 1.165) is 5.76 Å². The van der Waals surface area contributed by atoms with E-state index in [2.05, 4.69) is 80.6 Å². The van der Waals surface area contributed by atoms with Crippen LogP contribution in [-0.2, 0) is 0 Å². The van der Waals surface area contributed by atoms with Gasteiger partial charge < -0.3 is 4.42 Å². The maximum Gasteiger partial charge on any atom is 0.164 e. The first kappa shape index (κ1) is 13.1. The minimum atomic E-state index is -1.94. The molecule has 23 heavy (non-hydrogen) atoms. The first-order valence-electron chi connectivity index (χ1n) is 8.17. The average Bonchev–Trinajstić information content (AvgIpc) is 3.16. The summed E-state index contributed by atoms with van der Waals surface area (Å²) in [5, 5.41) is 4.52. The molecular weight excluding hydrogens is 296 g/mol. The summed E-state index contributed by atoms with van der Waals surface area (Å²) in [7, 11) is -1.94. The normalized spacial score (nSPS) is 20.3. The Kier molecular flexibility index (Phi) is 2.49.